The molecule has 0 unspecified atom stereocenters. The zero-order valence-corrected chi connectivity index (χ0v) is 16.7. The second kappa shape index (κ2) is 9.31. The fourth-order valence-corrected chi connectivity index (χ4v) is 3.79. The molecule has 3 aromatic carbocycles. The highest BCUT2D eigenvalue weighted by molar-refractivity contribution is 7.89. The number of nitrogens with one attached hydrogen (secondary N) is 1. The fourth-order valence-electron chi connectivity index (χ4n) is 2.76. The van der Waals surface area contributed by atoms with Crippen LogP contribution in [0.1, 0.15) is 27.1 Å². The van der Waals surface area contributed by atoms with Gasteiger partial charge < -0.3 is 4.74 Å². The maximum Gasteiger partial charge on any atom is 0.338 e. The summed E-state index contributed by atoms with van der Waals surface area (Å²) in [5.74, 6) is -1.07. The van der Waals surface area contributed by atoms with Crippen LogP contribution in [-0.2, 0) is 14.8 Å². The average Bonchev–Trinajstić information content (AvgIpc) is 2.77. The van der Waals surface area contributed by atoms with Gasteiger partial charge in [-0.05, 0) is 41.1 Å². The maximum absolute atomic E-state index is 12.3. The summed E-state index contributed by atoms with van der Waals surface area (Å²) in [7, 11) is -3.76. The lowest BCUT2D eigenvalue weighted by molar-refractivity contribution is 0.0474. The van der Waals surface area contributed by atoms with Crippen LogP contribution in [0.2, 0.25) is 0 Å². The largest absolute Gasteiger partial charge is 0.454 e. The molecule has 3 rings (SSSR count). The Morgan fingerprint density at radius 3 is 2.30 bits per heavy atom. The Bertz CT molecular complexity index is 1230. The second-order valence-corrected chi connectivity index (χ2v) is 8.16. The zero-order valence-electron chi connectivity index (χ0n) is 15.9. The number of carbonyl (C=O) groups excluding carboxylic acids is 2. The van der Waals surface area contributed by atoms with Gasteiger partial charge >= 0.3 is 5.97 Å². The number of hydrogen-bond acceptors (Lipinski definition) is 6. The molecule has 152 valence electrons. The van der Waals surface area contributed by atoms with Gasteiger partial charge in [0.15, 0.2) is 12.4 Å². The number of hydrogen-bond donors (Lipinski definition) is 1. The molecule has 0 aliphatic rings. The Morgan fingerprint density at radius 2 is 1.60 bits per heavy atom. The smallest absolute Gasteiger partial charge is 0.338 e. The molecule has 8 heteroatoms. The molecule has 0 saturated heterocycles. The van der Waals surface area contributed by atoms with Crippen molar-refractivity contribution in [1.82, 2.24) is 4.72 Å². The molecule has 0 bridgehead atoms. The Morgan fingerprint density at radius 1 is 0.933 bits per heavy atom. The second-order valence-electron chi connectivity index (χ2n) is 6.39. The highest BCUT2D eigenvalue weighted by atomic mass is 32.2. The number of carbonyl (C=O) groups is 2. The van der Waals surface area contributed by atoms with Gasteiger partial charge in [0, 0.05) is 18.5 Å². The number of fused-ring (bicyclic) bond motifs is 1. The van der Waals surface area contributed by atoms with Crippen molar-refractivity contribution < 1.29 is 22.7 Å². The van der Waals surface area contributed by atoms with E-state index in [1.54, 1.807) is 12.1 Å². The molecule has 7 nitrogen and oxygen atoms in total. The summed E-state index contributed by atoms with van der Waals surface area (Å²) in [6.07, 6.45) is 0.0505. The van der Waals surface area contributed by atoms with Gasteiger partial charge in [-0.2, -0.15) is 5.26 Å². The minimum atomic E-state index is -3.76. The third-order valence-corrected chi connectivity index (χ3v) is 5.81. The van der Waals surface area contributed by atoms with Crippen LogP contribution in [0, 0.1) is 11.3 Å². The minimum absolute atomic E-state index is 0.000486. The van der Waals surface area contributed by atoms with Gasteiger partial charge in [-0.3, -0.25) is 4.79 Å². The van der Waals surface area contributed by atoms with Crippen LogP contribution in [-0.4, -0.2) is 33.3 Å². The molecule has 0 radical (unpaired) electrons. The lowest BCUT2D eigenvalue weighted by Gasteiger charge is -2.07. The van der Waals surface area contributed by atoms with Gasteiger partial charge in [-0.25, -0.2) is 17.9 Å². The lowest BCUT2D eigenvalue weighted by Crippen LogP contribution is -2.24. The van der Waals surface area contributed by atoms with Crippen molar-refractivity contribution in [2.24, 2.45) is 0 Å². The molecule has 0 atom stereocenters. The number of ether oxygens (including phenoxy) is 1. The summed E-state index contributed by atoms with van der Waals surface area (Å²) in [6, 6.07) is 19.8. The molecular weight excluding hydrogens is 404 g/mol. The Labute approximate surface area is 173 Å². The number of nitriles is 1. The SMILES string of the molecule is N#CCCNS(=O)(=O)c1ccc(C(=O)OCC(=O)c2ccc3ccccc3c2)cc1. The van der Waals surface area contributed by atoms with Crippen molar-refractivity contribution in [2.75, 3.05) is 13.2 Å². The number of Topliss-reactive ketones (excluding diaryl/α,β-unsaturated/α-hetero) is 1. The summed E-state index contributed by atoms with van der Waals surface area (Å²) in [5, 5.41) is 10.4. The molecule has 0 aliphatic carbocycles. The predicted molar refractivity (Wildman–Crippen MR) is 110 cm³/mol. The van der Waals surface area contributed by atoms with Gasteiger partial charge in [-0.15, -0.1) is 0 Å². The van der Waals surface area contributed by atoms with E-state index >= 15 is 0 Å². The fraction of sp³-hybridized carbons (Fsp3) is 0.136. The summed E-state index contributed by atoms with van der Waals surface area (Å²) < 4.78 is 31.5. The molecule has 0 aliphatic heterocycles. The van der Waals surface area contributed by atoms with E-state index in [2.05, 4.69) is 4.72 Å². The quantitative estimate of drug-likeness (QED) is 0.339. The van der Waals surface area contributed by atoms with Gasteiger partial charge in [0.1, 0.15) is 0 Å². The standard InChI is InChI=1S/C22H18N2O5S/c23-12-3-13-24-30(27,28)20-10-8-17(9-11-20)22(26)29-15-21(25)19-7-6-16-4-1-2-5-18(16)14-19/h1-2,4-11,14,24H,3,13,15H2. The van der Waals surface area contributed by atoms with E-state index in [0.717, 1.165) is 10.8 Å². The molecule has 0 saturated carbocycles. The van der Waals surface area contributed by atoms with E-state index in [-0.39, 0.29) is 29.2 Å². The van der Waals surface area contributed by atoms with Crippen molar-refractivity contribution in [3.8, 4) is 6.07 Å². The number of esters is 1. The van der Waals surface area contributed by atoms with Crippen LogP contribution >= 0.6 is 0 Å². The number of nitrogens with zero attached hydrogens (tertiary/aromatic N) is 1. The van der Waals surface area contributed by atoms with Gasteiger partial charge in [0.25, 0.3) is 0 Å². The van der Waals surface area contributed by atoms with Crippen LogP contribution < -0.4 is 4.72 Å². The third-order valence-electron chi connectivity index (χ3n) is 4.34. The number of ketones is 1. The molecule has 0 spiro atoms. The number of rotatable bonds is 8. The minimum Gasteiger partial charge on any atom is -0.454 e. The molecule has 0 aromatic heterocycles. The van der Waals surface area contributed by atoms with E-state index in [4.69, 9.17) is 10.00 Å². The molecule has 0 heterocycles. The van der Waals surface area contributed by atoms with Gasteiger partial charge in [-0.1, -0.05) is 36.4 Å². The first-order chi connectivity index (χ1) is 14.4. The van der Waals surface area contributed by atoms with Crippen molar-refractivity contribution in [1.29, 1.82) is 5.26 Å². The highest BCUT2D eigenvalue weighted by Crippen LogP contribution is 2.16. The van der Waals surface area contributed by atoms with Crippen molar-refractivity contribution in [2.45, 2.75) is 11.3 Å². The summed E-state index contributed by atoms with van der Waals surface area (Å²) in [4.78, 5) is 24.5. The number of benzene rings is 3. The Hall–Kier alpha value is -3.54. The van der Waals surface area contributed by atoms with Crippen LogP contribution in [0.4, 0.5) is 0 Å². The monoisotopic (exact) mass is 422 g/mol. The zero-order chi connectivity index (χ0) is 21.6. The molecule has 3 aromatic rings. The molecule has 30 heavy (non-hydrogen) atoms. The van der Waals surface area contributed by atoms with Crippen molar-refractivity contribution >= 4 is 32.5 Å². The molecule has 0 fully saturated rings. The van der Waals surface area contributed by atoms with Gasteiger partial charge in [0.05, 0.1) is 16.5 Å². The van der Waals surface area contributed by atoms with Crippen molar-refractivity contribution in [3.63, 3.8) is 0 Å². The molecule has 1 N–H and O–H groups in total. The Kier molecular flexibility index (Phi) is 6.57. The van der Waals surface area contributed by atoms with E-state index in [0.29, 0.717) is 5.56 Å². The normalized spacial score (nSPS) is 11.0. The van der Waals surface area contributed by atoms with E-state index in [1.807, 2.05) is 36.4 Å². The highest BCUT2D eigenvalue weighted by Gasteiger charge is 2.16. The lowest BCUT2D eigenvalue weighted by atomic mass is 10.0. The van der Waals surface area contributed by atoms with E-state index in [9.17, 15) is 18.0 Å². The third kappa shape index (κ3) is 5.08. The van der Waals surface area contributed by atoms with Crippen LogP contribution in [0.5, 0.6) is 0 Å². The first-order valence-corrected chi connectivity index (χ1v) is 10.5. The van der Waals surface area contributed by atoms with Gasteiger partial charge in [0.2, 0.25) is 10.0 Å². The summed E-state index contributed by atoms with van der Waals surface area (Å²) in [5.41, 5.74) is 0.559. The van der Waals surface area contributed by atoms with E-state index < -0.39 is 22.6 Å². The predicted octanol–water partition coefficient (Wildman–Crippen LogP) is 3.07. The summed E-state index contributed by atoms with van der Waals surface area (Å²) in [6.45, 7) is -0.424. The topological polar surface area (TPSA) is 113 Å². The Balaban J connectivity index is 1.61. The molecular formula is C22H18N2O5S. The average molecular weight is 422 g/mol. The van der Waals surface area contributed by atoms with Crippen LogP contribution in [0.25, 0.3) is 10.8 Å². The molecule has 0 amide bonds. The number of sulfonamides is 1. The van der Waals surface area contributed by atoms with Crippen molar-refractivity contribution in [3.05, 3.63) is 77.9 Å². The maximum atomic E-state index is 12.3. The first kappa shape index (κ1) is 21.2. The van der Waals surface area contributed by atoms with Crippen LogP contribution in [0.15, 0.2) is 71.6 Å². The van der Waals surface area contributed by atoms with Crippen LogP contribution in [0.3, 0.4) is 0 Å². The van der Waals surface area contributed by atoms with E-state index in [1.165, 1.54) is 24.3 Å². The summed E-state index contributed by atoms with van der Waals surface area (Å²) >= 11 is 0. The first-order valence-electron chi connectivity index (χ1n) is 9.06.